The number of fused-ring (bicyclic) bond motifs is 5. The number of likely N-dealkylation sites (N-methyl/N-ethyl adjacent to an activating group) is 1. The predicted octanol–water partition coefficient (Wildman–Crippen LogP) is 1.15. The van der Waals surface area contributed by atoms with E-state index in [1.807, 2.05) is 12.1 Å². The van der Waals surface area contributed by atoms with E-state index in [2.05, 4.69) is 28.2 Å². The van der Waals surface area contributed by atoms with Crippen LogP contribution < -0.4 is 42.2 Å². The van der Waals surface area contributed by atoms with Gasteiger partial charge in [-0.3, -0.25) is 24.0 Å². The van der Waals surface area contributed by atoms with Crippen molar-refractivity contribution in [3.63, 3.8) is 0 Å². The van der Waals surface area contributed by atoms with E-state index in [1.165, 1.54) is 37.6 Å². The molecule has 4 bridgehead atoms. The van der Waals surface area contributed by atoms with Gasteiger partial charge >= 0.3 is 7.12 Å². The molecule has 0 radical (unpaired) electrons. The third-order valence-electron chi connectivity index (χ3n) is 9.84. The minimum absolute atomic E-state index is 0.0230. The highest BCUT2D eigenvalue weighted by Crippen LogP contribution is 2.40. The van der Waals surface area contributed by atoms with Crippen LogP contribution in [0.1, 0.15) is 78.5 Å². The molecule has 0 fully saturated rings. The molecule has 5 amide bonds. The standard InChI is InChI=1S/C42H58BN7O9/c1-3-4-5-6-7-8-9-28-10-13-30(14-11-28)40(53)47-26-38(52)50(2)39-31-15-17-36(59-21-19-45)33(24-31)32-22-29(12-16-35(32)58-20-18-44)23-34(41(54)48-27-43(56)57)49-37(51)25-46-42(39)55/h10-17,22,24,34,39,56-57H,3-9,18-21,23,25-27,44-45H2,1-2H3,(H,46,55)(H,47,53)(H,48,54)(H,49,51). The quantitative estimate of drug-likeness (QED) is 0.0594. The van der Waals surface area contributed by atoms with E-state index in [-0.39, 0.29) is 32.7 Å². The van der Waals surface area contributed by atoms with Crippen LogP contribution in [0.5, 0.6) is 11.5 Å². The molecule has 1 aliphatic heterocycles. The molecule has 1 heterocycles. The van der Waals surface area contributed by atoms with Gasteiger partial charge in [0, 0.05) is 43.2 Å². The number of nitrogens with zero attached hydrogens (tertiary/aromatic N) is 1. The Labute approximate surface area is 345 Å². The molecule has 1 aliphatic rings. The van der Waals surface area contributed by atoms with Gasteiger partial charge in [0.25, 0.3) is 5.91 Å². The zero-order chi connectivity index (χ0) is 42.7. The van der Waals surface area contributed by atoms with Crippen molar-refractivity contribution in [2.75, 3.05) is 52.9 Å². The molecule has 16 nitrogen and oxygen atoms in total. The molecule has 3 aromatic rings. The second kappa shape index (κ2) is 23.8. The highest BCUT2D eigenvalue weighted by molar-refractivity contribution is 6.41. The zero-order valence-electron chi connectivity index (χ0n) is 34.0. The monoisotopic (exact) mass is 815 g/mol. The molecule has 0 saturated heterocycles. The summed E-state index contributed by atoms with van der Waals surface area (Å²) < 4.78 is 12.1. The molecule has 4 rings (SSSR count). The summed E-state index contributed by atoms with van der Waals surface area (Å²) in [4.78, 5) is 68.6. The molecule has 3 aromatic carbocycles. The summed E-state index contributed by atoms with van der Waals surface area (Å²) in [6.07, 6.45) is 7.56. The van der Waals surface area contributed by atoms with Crippen molar-refractivity contribution in [1.29, 1.82) is 0 Å². The van der Waals surface area contributed by atoms with E-state index in [4.69, 9.17) is 20.9 Å². The van der Waals surface area contributed by atoms with E-state index >= 15 is 0 Å². The Morgan fingerprint density at radius 2 is 1.51 bits per heavy atom. The number of unbranched alkanes of at least 4 members (excludes halogenated alkanes) is 5. The molecule has 0 saturated carbocycles. The minimum Gasteiger partial charge on any atom is -0.492 e. The molecule has 2 atom stereocenters. The Kier molecular flexibility index (Phi) is 18.6. The van der Waals surface area contributed by atoms with Gasteiger partial charge in [0.1, 0.15) is 36.8 Å². The Balaban J connectivity index is 1.64. The van der Waals surface area contributed by atoms with Crippen LogP contribution in [0.2, 0.25) is 0 Å². The fourth-order valence-electron chi connectivity index (χ4n) is 6.71. The molecule has 0 aromatic heterocycles. The largest absolute Gasteiger partial charge is 0.492 e. The zero-order valence-corrected chi connectivity index (χ0v) is 34.0. The van der Waals surface area contributed by atoms with Crippen LogP contribution in [0, 0.1) is 0 Å². The number of carbonyl (C=O) groups excluding carboxylic acids is 5. The average Bonchev–Trinajstić information content (AvgIpc) is 3.23. The van der Waals surface area contributed by atoms with Gasteiger partial charge in [-0.1, -0.05) is 63.3 Å². The van der Waals surface area contributed by atoms with Crippen LogP contribution >= 0.6 is 0 Å². The van der Waals surface area contributed by atoms with Crippen molar-refractivity contribution < 1.29 is 43.5 Å². The van der Waals surface area contributed by atoms with Crippen molar-refractivity contribution >= 4 is 36.7 Å². The molecule has 2 unspecified atom stereocenters. The van der Waals surface area contributed by atoms with Crippen LogP contribution in [0.4, 0.5) is 0 Å². The molecule has 318 valence electrons. The fraction of sp³-hybridized carbons (Fsp3) is 0.452. The Morgan fingerprint density at radius 3 is 2.17 bits per heavy atom. The first-order valence-corrected chi connectivity index (χ1v) is 20.2. The van der Waals surface area contributed by atoms with Gasteiger partial charge in [0.2, 0.25) is 23.6 Å². The SMILES string of the molecule is CCCCCCCCc1ccc(C(=O)NCC(=O)N(C)C2C(=O)NCC(=O)NC(C(=O)NCB(O)O)Cc3ccc(OCCN)c(c3)-c3cc2ccc3OCCN)cc1. The first kappa shape index (κ1) is 46.2. The van der Waals surface area contributed by atoms with Crippen molar-refractivity contribution in [2.45, 2.75) is 70.4 Å². The van der Waals surface area contributed by atoms with Gasteiger partial charge in [-0.15, -0.1) is 0 Å². The number of nitrogens with two attached hydrogens (primary N) is 2. The summed E-state index contributed by atoms with van der Waals surface area (Å²) in [6, 6.07) is 14.9. The van der Waals surface area contributed by atoms with Crippen LogP contribution in [0.3, 0.4) is 0 Å². The number of hydrogen-bond acceptors (Lipinski definition) is 11. The van der Waals surface area contributed by atoms with Gasteiger partial charge in [-0.25, -0.2) is 0 Å². The van der Waals surface area contributed by atoms with Crippen molar-refractivity contribution in [3.05, 3.63) is 82.9 Å². The van der Waals surface area contributed by atoms with Crippen molar-refractivity contribution in [1.82, 2.24) is 26.2 Å². The number of rotatable bonds is 20. The van der Waals surface area contributed by atoms with Crippen LogP contribution in [0.15, 0.2) is 60.7 Å². The first-order valence-electron chi connectivity index (χ1n) is 20.2. The fourth-order valence-corrected chi connectivity index (χ4v) is 6.71. The summed E-state index contributed by atoms with van der Waals surface area (Å²) in [7, 11) is -0.405. The number of amides is 5. The number of ether oxygens (including phenoxy) is 2. The van der Waals surface area contributed by atoms with Crippen LogP contribution in [0.25, 0.3) is 11.1 Å². The maximum absolute atomic E-state index is 14.1. The van der Waals surface area contributed by atoms with Crippen molar-refractivity contribution in [2.24, 2.45) is 11.5 Å². The van der Waals surface area contributed by atoms with Gasteiger partial charge < -0.3 is 57.2 Å². The van der Waals surface area contributed by atoms with E-state index in [9.17, 15) is 34.0 Å². The van der Waals surface area contributed by atoms with Gasteiger partial charge in [0.05, 0.1) is 19.5 Å². The number of nitrogens with one attached hydrogen (secondary N) is 4. The Morgan fingerprint density at radius 1 is 0.864 bits per heavy atom. The smallest absolute Gasteiger partial charge is 0.472 e. The second-order valence-corrected chi connectivity index (χ2v) is 14.4. The number of aryl methyl sites for hydroxylation is 1. The molecular weight excluding hydrogens is 757 g/mol. The lowest BCUT2D eigenvalue weighted by atomic mass is 9.91. The molecule has 10 N–H and O–H groups in total. The van der Waals surface area contributed by atoms with Gasteiger partial charge in [-0.2, -0.15) is 0 Å². The van der Waals surface area contributed by atoms with E-state index < -0.39 is 68.3 Å². The van der Waals surface area contributed by atoms with E-state index in [1.54, 1.807) is 48.5 Å². The lowest BCUT2D eigenvalue weighted by Crippen LogP contribution is -2.53. The molecular formula is C42H58BN7O9. The predicted molar refractivity (Wildman–Crippen MR) is 224 cm³/mol. The van der Waals surface area contributed by atoms with Crippen molar-refractivity contribution in [3.8, 4) is 22.6 Å². The Hall–Kier alpha value is -5.49. The summed E-state index contributed by atoms with van der Waals surface area (Å²) in [5, 5.41) is 29.0. The highest BCUT2D eigenvalue weighted by atomic mass is 16.5. The lowest BCUT2D eigenvalue weighted by molar-refractivity contribution is -0.139. The highest BCUT2D eigenvalue weighted by Gasteiger charge is 2.32. The van der Waals surface area contributed by atoms with Gasteiger partial charge in [0.15, 0.2) is 0 Å². The van der Waals surface area contributed by atoms with Crippen LogP contribution in [-0.2, 0) is 32.0 Å². The molecule has 59 heavy (non-hydrogen) atoms. The molecule has 0 aliphatic carbocycles. The normalized spacial score (nSPS) is 15.2. The maximum atomic E-state index is 14.1. The molecule has 0 spiro atoms. The third-order valence-corrected chi connectivity index (χ3v) is 9.84. The van der Waals surface area contributed by atoms with E-state index in [0.717, 1.165) is 24.8 Å². The number of benzene rings is 3. The summed E-state index contributed by atoms with van der Waals surface area (Å²) in [5.74, 6) is -2.39. The van der Waals surface area contributed by atoms with E-state index in [0.29, 0.717) is 39.3 Å². The Bertz CT molecular complexity index is 1880. The molecule has 17 heteroatoms. The summed E-state index contributed by atoms with van der Waals surface area (Å²) in [5.41, 5.74) is 15.0. The lowest BCUT2D eigenvalue weighted by Gasteiger charge is -2.29. The first-order chi connectivity index (χ1) is 28.4. The number of hydrogen-bond donors (Lipinski definition) is 8. The minimum atomic E-state index is -1.83. The van der Waals surface area contributed by atoms with Gasteiger partial charge in [-0.05, 0) is 65.9 Å². The second-order valence-electron chi connectivity index (χ2n) is 14.4. The maximum Gasteiger partial charge on any atom is 0.472 e. The topological polar surface area (TPSA) is 248 Å². The summed E-state index contributed by atoms with van der Waals surface area (Å²) >= 11 is 0. The summed E-state index contributed by atoms with van der Waals surface area (Å²) in [6.45, 7) is 1.93. The third kappa shape index (κ3) is 14.1. The van der Waals surface area contributed by atoms with Crippen LogP contribution in [-0.4, -0.2) is 111 Å². The average molecular weight is 816 g/mol. The number of carbonyl (C=O) groups is 5.